The van der Waals surface area contributed by atoms with Crippen LogP contribution in [0.1, 0.15) is 17.2 Å². The Labute approximate surface area is 308 Å². The first-order chi connectivity index (χ1) is 26.2. The summed E-state index contributed by atoms with van der Waals surface area (Å²) in [5.74, 6) is 3.61. The maximum atomic E-state index is 6.44. The standard InChI is InChI=1S/C49H33N3O/c1-3-13-33(14-4-1)47-50-48(34-15-5-2-6-16-34)52-49(51-47)41-22-11-21-39(30-41)37-19-9-17-35(28-37)36-18-10-20-38(29-36)40-25-27-45-44(31-40)43-26-24-32-12-7-8-23-42(32)46(43)53-45/h1-32,42H. The number of allylic oxidation sites excluding steroid dienone is 5. The molecule has 4 nitrogen and oxygen atoms in total. The highest BCUT2D eigenvalue weighted by Crippen LogP contribution is 2.43. The fraction of sp³-hybridized carbons (Fsp3) is 0.0408. The van der Waals surface area contributed by atoms with Crippen LogP contribution in [0.2, 0.25) is 0 Å². The maximum Gasteiger partial charge on any atom is 0.164 e. The van der Waals surface area contributed by atoms with Crippen LogP contribution in [0.4, 0.5) is 0 Å². The molecule has 8 aromatic rings. The molecule has 2 heterocycles. The van der Waals surface area contributed by atoms with Crippen molar-refractivity contribution >= 4 is 17.0 Å². The van der Waals surface area contributed by atoms with Crippen molar-refractivity contribution in [2.75, 3.05) is 0 Å². The fourth-order valence-corrected chi connectivity index (χ4v) is 7.54. The summed E-state index contributed by atoms with van der Waals surface area (Å²) in [6, 6.07) is 52.7. The number of nitrogens with zero attached hydrogens (tertiary/aromatic N) is 3. The number of fused-ring (bicyclic) bond motifs is 5. The maximum absolute atomic E-state index is 6.44. The largest absolute Gasteiger partial charge is 0.460 e. The lowest BCUT2D eigenvalue weighted by molar-refractivity contribution is 0.492. The predicted molar refractivity (Wildman–Crippen MR) is 216 cm³/mol. The molecule has 0 aliphatic heterocycles. The Morgan fingerprint density at radius 2 is 0.868 bits per heavy atom. The summed E-state index contributed by atoms with van der Waals surface area (Å²) in [5, 5.41) is 1.16. The molecule has 0 amide bonds. The molecule has 0 N–H and O–H groups in total. The highest BCUT2D eigenvalue weighted by atomic mass is 16.3. The molecule has 53 heavy (non-hydrogen) atoms. The van der Waals surface area contributed by atoms with E-state index < -0.39 is 0 Å². The van der Waals surface area contributed by atoms with Crippen molar-refractivity contribution in [1.29, 1.82) is 0 Å². The zero-order chi connectivity index (χ0) is 35.1. The second-order valence-electron chi connectivity index (χ2n) is 13.6. The van der Waals surface area contributed by atoms with Crippen LogP contribution >= 0.6 is 0 Å². The zero-order valence-corrected chi connectivity index (χ0v) is 28.8. The molecule has 10 rings (SSSR count). The number of benzene rings is 6. The molecule has 2 aliphatic rings. The van der Waals surface area contributed by atoms with Gasteiger partial charge in [-0.1, -0.05) is 158 Å². The Kier molecular flexibility index (Phi) is 7.58. The Hall–Kier alpha value is -6.91. The third-order valence-corrected chi connectivity index (χ3v) is 10.3. The van der Waals surface area contributed by atoms with E-state index in [0.717, 1.165) is 55.7 Å². The first-order valence-electron chi connectivity index (χ1n) is 18.0. The van der Waals surface area contributed by atoms with Crippen LogP contribution < -0.4 is 0 Å². The van der Waals surface area contributed by atoms with Gasteiger partial charge < -0.3 is 4.42 Å². The Morgan fingerprint density at radius 3 is 1.45 bits per heavy atom. The molecule has 2 unspecified atom stereocenters. The summed E-state index contributed by atoms with van der Waals surface area (Å²) in [5.41, 5.74) is 11.8. The molecule has 0 radical (unpaired) electrons. The van der Waals surface area contributed by atoms with Gasteiger partial charge in [0.25, 0.3) is 0 Å². The van der Waals surface area contributed by atoms with E-state index in [0.29, 0.717) is 23.4 Å². The third-order valence-electron chi connectivity index (χ3n) is 10.3. The van der Waals surface area contributed by atoms with Gasteiger partial charge in [0.05, 0.1) is 0 Å². The van der Waals surface area contributed by atoms with E-state index in [2.05, 4.69) is 127 Å². The number of rotatable bonds is 6. The van der Waals surface area contributed by atoms with Crippen LogP contribution in [0.5, 0.6) is 0 Å². The molecule has 4 heteroatoms. The summed E-state index contributed by atoms with van der Waals surface area (Å²) in [6.45, 7) is 0. The van der Waals surface area contributed by atoms with E-state index in [-0.39, 0.29) is 5.92 Å². The molecule has 2 atom stereocenters. The van der Waals surface area contributed by atoms with Crippen LogP contribution in [-0.2, 0) is 0 Å². The van der Waals surface area contributed by atoms with Gasteiger partial charge in [0.1, 0.15) is 11.3 Å². The average molecular weight is 680 g/mol. The Bertz CT molecular complexity index is 2680. The lowest BCUT2D eigenvalue weighted by atomic mass is 9.81. The normalized spacial score (nSPS) is 15.7. The van der Waals surface area contributed by atoms with Gasteiger partial charge in [-0.25, -0.2) is 15.0 Å². The lowest BCUT2D eigenvalue weighted by Gasteiger charge is -2.23. The van der Waals surface area contributed by atoms with Gasteiger partial charge in [0.2, 0.25) is 0 Å². The van der Waals surface area contributed by atoms with Gasteiger partial charge in [-0.05, 0) is 63.7 Å². The van der Waals surface area contributed by atoms with E-state index >= 15 is 0 Å². The molecular formula is C49H33N3O. The van der Waals surface area contributed by atoms with Gasteiger partial charge in [-0.3, -0.25) is 0 Å². The van der Waals surface area contributed by atoms with Crippen molar-refractivity contribution in [3.8, 4) is 67.5 Å². The van der Waals surface area contributed by atoms with Crippen LogP contribution in [0, 0.1) is 5.92 Å². The van der Waals surface area contributed by atoms with Crippen LogP contribution in [0.3, 0.4) is 0 Å². The highest BCUT2D eigenvalue weighted by molar-refractivity contribution is 5.93. The predicted octanol–water partition coefficient (Wildman–Crippen LogP) is 12.5. The smallest absolute Gasteiger partial charge is 0.164 e. The van der Waals surface area contributed by atoms with E-state index in [1.165, 1.54) is 16.7 Å². The summed E-state index contributed by atoms with van der Waals surface area (Å²) < 4.78 is 6.44. The van der Waals surface area contributed by atoms with E-state index in [1.807, 2.05) is 60.7 Å². The van der Waals surface area contributed by atoms with Gasteiger partial charge in [0, 0.05) is 39.5 Å². The molecule has 0 spiro atoms. The van der Waals surface area contributed by atoms with E-state index in [1.54, 1.807) is 0 Å². The number of hydrogen-bond acceptors (Lipinski definition) is 4. The third kappa shape index (κ3) is 5.81. The molecule has 0 fully saturated rings. The molecule has 250 valence electrons. The van der Waals surface area contributed by atoms with Crippen molar-refractivity contribution in [3.05, 3.63) is 193 Å². The fourth-order valence-electron chi connectivity index (χ4n) is 7.54. The van der Waals surface area contributed by atoms with Crippen LogP contribution in [0.15, 0.2) is 186 Å². The molecule has 0 saturated carbocycles. The zero-order valence-electron chi connectivity index (χ0n) is 28.8. The van der Waals surface area contributed by atoms with Gasteiger partial charge in [-0.15, -0.1) is 0 Å². The first kappa shape index (κ1) is 30.9. The SMILES string of the molecule is C1=CC2C=Cc3c(oc4ccc(-c5cccc(-c6cccc(-c7cccc(-c8nc(-c9ccccc9)nc(-c9ccccc9)n8)c7)c6)c5)cc34)C2C=C1. The highest BCUT2D eigenvalue weighted by Gasteiger charge is 2.29. The Morgan fingerprint density at radius 1 is 0.396 bits per heavy atom. The minimum atomic E-state index is 0.253. The van der Waals surface area contributed by atoms with Crippen molar-refractivity contribution in [2.45, 2.75) is 5.92 Å². The summed E-state index contributed by atoms with van der Waals surface area (Å²) in [7, 11) is 0. The van der Waals surface area contributed by atoms with E-state index in [9.17, 15) is 0 Å². The van der Waals surface area contributed by atoms with Crippen molar-refractivity contribution in [2.24, 2.45) is 5.92 Å². The molecule has 0 bridgehead atoms. The van der Waals surface area contributed by atoms with Crippen molar-refractivity contribution in [1.82, 2.24) is 15.0 Å². The second-order valence-corrected chi connectivity index (χ2v) is 13.6. The quantitative estimate of drug-likeness (QED) is 0.175. The summed E-state index contributed by atoms with van der Waals surface area (Å²) in [4.78, 5) is 14.8. The number of hydrogen-bond donors (Lipinski definition) is 0. The minimum absolute atomic E-state index is 0.253. The molecule has 2 aliphatic carbocycles. The van der Waals surface area contributed by atoms with Gasteiger partial charge >= 0.3 is 0 Å². The molecule has 6 aromatic carbocycles. The van der Waals surface area contributed by atoms with Crippen LogP contribution in [-0.4, -0.2) is 15.0 Å². The topological polar surface area (TPSA) is 51.8 Å². The molecule has 0 saturated heterocycles. The first-order valence-corrected chi connectivity index (χ1v) is 18.0. The second kappa shape index (κ2) is 13.0. The van der Waals surface area contributed by atoms with Crippen molar-refractivity contribution in [3.63, 3.8) is 0 Å². The molecular weight excluding hydrogens is 647 g/mol. The number of furan rings is 1. The van der Waals surface area contributed by atoms with Gasteiger partial charge in [0.15, 0.2) is 17.5 Å². The Balaban J connectivity index is 0.985. The van der Waals surface area contributed by atoms with Gasteiger partial charge in [-0.2, -0.15) is 0 Å². The van der Waals surface area contributed by atoms with Crippen molar-refractivity contribution < 1.29 is 4.42 Å². The summed E-state index contributed by atoms with van der Waals surface area (Å²) in [6.07, 6.45) is 13.3. The monoisotopic (exact) mass is 679 g/mol. The number of aromatic nitrogens is 3. The summed E-state index contributed by atoms with van der Waals surface area (Å²) >= 11 is 0. The molecule has 2 aromatic heterocycles. The van der Waals surface area contributed by atoms with Crippen LogP contribution in [0.25, 0.3) is 84.6 Å². The average Bonchev–Trinajstić information content (AvgIpc) is 3.63. The van der Waals surface area contributed by atoms with E-state index in [4.69, 9.17) is 19.4 Å². The lowest BCUT2D eigenvalue weighted by Crippen LogP contribution is -2.11. The minimum Gasteiger partial charge on any atom is -0.460 e.